The lowest BCUT2D eigenvalue weighted by atomic mass is 10.1. The molecule has 1 amide bonds. The molecule has 0 aromatic rings. The Bertz CT molecular complexity index is 282. The van der Waals surface area contributed by atoms with E-state index in [4.69, 9.17) is 4.74 Å². The fourth-order valence-electron chi connectivity index (χ4n) is 0.981. The highest BCUT2D eigenvalue weighted by Gasteiger charge is 2.21. The second-order valence-corrected chi connectivity index (χ2v) is 5.46. The summed E-state index contributed by atoms with van der Waals surface area (Å²) in [6.45, 7) is 8.85. The van der Waals surface area contributed by atoms with E-state index in [-0.39, 0.29) is 13.1 Å². The van der Waals surface area contributed by atoms with Crippen LogP contribution in [0.4, 0.5) is 4.79 Å². The van der Waals surface area contributed by atoms with Gasteiger partial charge in [0.15, 0.2) is 0 Å². The van der Waals surface area contributed by atoms with Crippen LogP contribution in [-0.4, -0.2) is 36.3 Å². The Morgan fingerprint density at radius 2 is 1.71 bits per heavy atom. The zero-order valence-electron chi connectivity index (χ0n) is 11.0. The van der Waals surface area contributed by atoms with Gasteiger partial charge in [-0.2, -0.15) is 0 Å². The molecule has 17 heavy (non-hydrogen) atoms. The van der Waals surface area contributed by atoms with Crippen molar-refractivity contribution in [2.24, 2.45) is 0 Å². The van der Waals surface area contributed by atoms with Crippen LogP contribution in [0.15, 0.2) is 0 Å². The maximum Gasteiger partial charge on any atom is 0.407 e. The molecule has 0 saturated heterocycles. The average molecular weight is 245 g/mol. The summed E-state index contributed by atoms with van der Waals surface area (Å²) in [5, 5.41) is 15.6. The third-order valence-electron chi connectivity index (χ3n) is 1.78. The molecule has 0 aromatic heterocycles. The number of hydrogen-bond acceptors (Lipinski definition) is 5. The Morgan fingerprint density at radius 3 is 2.12 bits per heavy atom. The van der Waals surface area contributed by atoms with Gasteiger partial charge in [-0.15, -0.1) is 0 Å². The van der Waals surface area contributed by atoms with Crippen molar-refractivity contribution in [2.75, 3.05) is 13.1 Å². The molecule has 0 atom stereocenters. The average Bonchev–Trinajstić information content (AvgIpc) is 2.09. The SMILES string of the molecule is CC(C)(CNC(=O)OC(C)(C)C)NCC(=O)[O-]. The molecule has 0 aliphatic heterocycles. The summed E-state index contributed by atoms with van der Waals surface area (Å²) in [4.78, 5) is 21.6. The highest BCUT2D eigenvalue weighted by molar-refractivity contribution is 5.68. The van der Waals surface area contributed by atoms with Crippen LogP contribution in [0.1, 0.15) is 34.6 Å². The number of aliphatic carboxylic acids is 1. The Balaban J connectivity index is 4.00. The lowest BCUT2D eigenvalue weighted by molar-refractivity contribution is -0.304. The molecule has 0 spiro atoms. The molecule has 6 nitrogen and oxygen atoms in total. The number of carboxylic acids is 1. The fourth-order valence-corrected chi connectivity index (χ4v) is 0.981. The van der Waals surface area contributed by atoms with Crippen LogP contribution in [0, 0.1) is 0 Å². The highest BCUT2D eigenvalue weighted by atomic mass is 16.6. The Labute approximate surface area is 102 Å². The maximum absolute atomic E-state index is 11.4. The standard InChI is InChI=1S/C11H22N2O4/c1-10(2,3)17-9(16)12-7-11(4,5)13-6-8(14)15/h13H,6-7H2,1-5H3,(H,12,16)(H,14,15)/p-1. The van der Waals surface area contributed by atoms with Gasteiger partial charge < -0.3 is 25.3 Å². The number of amides is 1. The molecule has 0 fully saturated rings. The predicted octanol–water partition coefficient (Wildman–Crippen LogP) is -0.371. The van der Waals surface area contributed by atoms with Gasteiger partial charge in [-0.05, 0) is 34.6 Å². The van der Waals surface area contributed by atoms with E-state index in [0.717, 1.165) is 0 Å². The Hall–Kier alpha value is -1.30. The molecule has 0 heterocycles. The lowest BCUT2D eigenvalue weighted by Gasteiger charge is -2.28. The molecule has 0 aliphatic rings. The van der Waals surface area contributed by atoms with Crippen molar-refractivity contribution in [2.45, 2.75) is 45.8 Å². The number of alkyl carbamates (subject to hydrolysis) is 1. The lowest BCUT2D eigenvalue weighted by Crippen LogP contribution is -2.52. The van der Waals surface area contributed by atoms with Gasteiger partial charge in [0.2, 0.25) is 0 Å². The zero-order valence-corrected chi connectivity index (χ0v) is 11.0. The van der Waals surface area contributed by atoms with E-state index in [1.807, 2.05) is 0 Å². The quantitative estimate of drug-likeness (QED) is 0.689. The summed E-state index contributed by atoms with van der Waals surface area (Å²) in [5.41, 5.74) is -1.09. The van der Waals surface area contributed by atoms with Gasteiger partial charge in [0, 0.05) is 18.6 Å². The van der Waals surface area contributed by atoms with Crippen LogP contribution in [0.25, 0.3) is 0 Å². The van der Waals surface area contributed by atoms with Gasteiger partial charge in [0.25, 0.3) is 0 Å². The van der Waals surface area contributed by atoms with Crippen LogP contribution in [0.3, 0.4) is 0 Å². The van der Waals surface area contributed by atoms with Crippen molar-refractivity contribution in [1.82, 2.24) is 10.6 Å². The largest absolute Gasteiger partial charge is 0.549 e. The van der Waals surface area contributed by atoms with E-state index in [9.17, 15) is 14.7 Å². The summed E-state index contributed by atoms with van der Waals surface area (Å²) >= 11 is 0. The first-order chi connectivity index (χ1) is 7.52. The molecule has 2 N–H and O–H groups in total. The minimum absolute atomic E-state index is 0.259. The predicted molar refractivity (Wildman–Crippen MR) is 61.3 cm³/mol. The maximum atomic E-state index is 11.4. The summed E-state index contributed by atoms with van der Waals surface area (Å²) in [6, 6.07) is 0. The van der Waals surface area contributed by atoms with E-state index < -0.39 is 23.2 Å². The number of nitrogens with one attached hydrogen (secondary N) is 2. The highest BCUT2D eigenvalue weighted by Crippen LogP contribution is 2.07. The van der Waals surface area contributed by atoms with Crippen LogP contribution >= 0.6 is 0 Å². The first-order valence-corrected chi connectivity index (χ1v) is 5.43. The number of rotatable bonds is 5. The second kappa shape index (κ2) is 5.86. The molecule has 0 aromatic carbocycles. The van der Waals surface area contributed by atoms with Crippen molar-refractivity contribution in [3.8, 4) is 0 Å². The summed E-state index contributed by atoms with van der Waals surface area (Å²) < 4.78 is 5.05. The third kappa shape index (κ3) is 9.62. The number of ether oxygens (including phenoxy) is 1. The fraction of sp³-hybridized carbons (Fsp3) is 0.818. The second-order valence-electron chi connectivity index (χ2n) is 5.46. The smallest absolute Gasteiger partial charge is 0.407 e. The summed E-state index contributed by atoms with van der Waals surface area (Å²) in [7, 11) is 0. The van der Waals surface area contributed by atoms with Crippen molar-refractivity contribution in [1.29, 1.82) is 0 Å². The normalized spacial score (nSPS) is 12.1. The molecule has 0 radical (unpaired) electrons. The molecule has 0 rings (SSSR count). The Morgan fingerprint density at radius 1 is 1.18 bits per heavy atom. The summed E-state index contributed by atoms with van der Waals surface area (Å²) in [6.07, 6.45) is -0.527. The molecular formula is C11H21N2O4-. The van der Waals surface area contributed by atoms with Crippen molar-refractivity contribution in [3.63, 3.8) is 0 Å². The van der Waals surface area contributed by atoms with E-state index in [2.05, 4.69) is 10.6 Å². The number of carbonyl (C=O) groups excluding carboxylic acids is 2. The van der Waals surface area contributed by atoms with Crippen molar-refractivity contribution < 1.29 is 19.4 Å². The molecule has 0 bridgehead atoms. The minimum atomic E-state index is -1.18. The Kier molecular flexibility index (Phi) is 5.41. The van der Waals surface area contributed by atoms with Gasteiger partial charge in [0.1, 0.15) is 5.60 Å². The molecule has 0 saturated carbocycles. The van der Waals surface area contributed by atoms with Gasteiger partial charge in [-0.25, -0.2) is 4.79 Å². The number of carbonyl (C=O) groups is 2. The van der Waals surface area contributed by atoms with Gasteiger partial charge in [-0.1, -0.05) is 0 Å². The first-order valence-electron chi connectivity index (χ1n) is 5.43. The molecule has 6 heteroatoms. The van der Waals surface area contributed by atoms with Crippen LogP contribution in [0.2, 0.25) is 0 Å². The topological polar surface area (TPSA) is 90.5 Å². The molecule has 100 valence electrons. The number of hydrogen-bond donors (Lipinski definition) is 2. The van der Waals surface area contributed by atoms with E-state index >= 15 is 0 Å². The first kappa shape index (κ1) is 15.7. The van der Waals surface area contributed by atoms with Gasteiger partial charge >= 0.3 is 6.09 Å². The zero-order chi connectivity index (χ0) is 13.7. The van der Waals surface area contributed by atoms with E-state index in [1.54, 1.807) is 34.6 Å². The minimum Gasteiger partial charge on any atom is -0.549 e. The molecule has 0 unspecified atom stereocenters. The van der Waals surface area contributed by atoms with Crippen LogP contribution < -0.4 is 15.7 Å². The van der Waals surface area contributed by atoms with E-state index in [1.165, 1.54) is 0 Å². The molecular weight excluding hydrogens is 224 g/mol. The molecule has 0 aliphatic carbocycles. The summed E-state index contributed by atoms with van der Waals surface area (Å²) in [5.74, 6) is -1.18. The van der Waals surface area contributed by atoms with Crippen LogP contribution in [0.5, 0.6) is 0 Å². The van der Waals surface area contributed by atoms with Crippen LogP contribution in [-0.2, 0) is 9.53 Å². The number of carboxylic acid groups (broad SMARTS) is 1. The van der Waals surface area contributed by atoms with Crippen molar-refractivity contribution >= 4 is 12.1 Å². The van der Waals surface area contributed by atoms with Gasteiger partial charge in [-0.3, -0.25) is 0 Å². The monoisotopic (exact) mass is 245 g/mol. The third-order valence-corrected chi connectivity index (χ3v) is 1.78. The van der Waals surface area contributed by atoms with Crippen molar-refractivity contribution in [3.05, 3.63) is 0 Å². The van der Waals surface area contributed by atoms with E-state index in [0.29, 0.717) is 0 Å². The van der Waals surface area contributed by atoms with Gasteiger partial charge in [0.05, 0.1) is 5.97 Å².